The van der Waals surface area contributed by atoms with E-state index in [9.17, 15) is 14.9 Å². The fourth-order valence-corrected chi connectivity index (χ4v) is 2.11. The Hall–Kier alpha value is -3.30. The van der Waals surface area contributed by atoms with Crippen molar-refractivity contribution < 1.29 is 9.72 Å². The van der Waals surface area contributed by atoms with Gasteiger partial charge >= 0.3 is 5.69 Å². The van der Waals surface area contributed by atoms with Crippen LogP contribution in [0.3, 0.4) is 0 Å². The third-order valence-electron chi connectivity index (χ3n) is 3.21. The lowest BCUT2D eigenvalue weighted by Gasteiger charge is -2.05. The van der Waals surface area contributed by atoms with E-state index < -0.39 is 4.92 Å². The summed E-state index contributed by atoms with van der Waals surface area (Å²) in [5.41, 5.74) is 1.43. The molecule has 0 aliphatic carbocycles. The molecule has 0 radical (unpaired) electrons. The number of nitrogens with zero attached hydrogens (tertiary/aromatic N) is 6. The largest absolute Gasteiger partial charge is 0.353 e. The minimum atomic E-state index is -0.516. The maximum absolute atomic E-state index is 11.9. The summed E-state index contributed by atoms with van der Waals surface area (Å²) in [7, 11) is 0. The molecule has 3 aromatic rings. The summed E-state index contributed by atoms with van der Waals surface area (Å²) in [6.07, 6.45) is 2.49. The van der Waals surface area contributed by atoms with Crippen LogP contribution in [0.15, 0.2) is 36.7 Å². The number of hydrogen-bond donors (Lipinski definition) is 1. The molecule has 10 heteroatoms. The molecule has 0 saturated heterocycles. The van der Waals surface area contributed by atoms with E-state index in [1.807, 2.05) is 24.3 Å². The number of rotatable bonds is 6. The molecular formula is C13H13N7O3. The zero-order valence-electron chi connectivity index (χ0n) is 12.0. The minimum Gasteiger partial charge on any atom is -0.353 e. The van der Waals surface area contributed by atoms with E-state index in [1.54, 1.807) is 0 Å². The molecule has 2 aromatic heterocycles. The molecular weight excluding hydrogens is 302 g/mol. The lowest BCUT2D eigenvalue weighted by atomic mass is 10.3. The second-order valence-electron chi connectivity index (χ2n) is 4.80. The van der Waals surface area contributed by atoms with Crippen molar-refractivity contribution in [3.63, 3.8) is 0 Å². The predicted molar refractivity (Wildman–Crippen MR) is 79.4 cm³/mol. The van der Waals surface area contributed by atoms with Crippen molar-refractivity contribution in [3.8, 4) is 0 Å². The van der Waals surface area contributed by atoms with Gasteiger partial charge in [0.05, 0.1) is 17.0 Å². The average molecular weight is 315 g/mol. The molecule has 118 valence electrons. The highest BCUT2D eigenvalue weighted by Crippen LogP contribution is 2.09. The van der Waals surface area contributed by atoms with Gasteiger partial charge in [0.25, 0.3) is 0 Å². The number of benzene rings is 1. The molecule has 2 heterocycles. The van der Waals surface area contributed by atoms with Gasteiger partial charge in [-0.25, -0.2) is 4.68 Å². The Labute approximate surface area is 129 Å². The highest BCUT2D eigenvalue weighted by atomic mass is 16.6. The van der Waals surface area contributed by atoms with Crippen LogP contribution >= 0.6 is 0 Å². The molecule has 0 aliphatic rings. The molecule has 1 amide bonds. The first-order valence-corrected chi connectivity index (χ1v) is 6.85. The van der Waals surface area contributed by atoms with Crippen LogP contribution < -0.4 is 5.32 Å². The monoisotopic (exact) mass is 315 g/mol. The molecule has 0 spiro atoms. The molecule has 0 unspecified atom stereocenters. The molecule has 0 atom stereocenters. The number of carbonyl (C=O) groups excluding carboxylic acids is 1. The van der Waals surface area contributed by atoms with Crippen LogP contribution in [-0.2, 0) is 17.9 Å². The molecule has 3 rings (SSSR count). The van der Waals surface area contributed by atoms with Gasteiger partial charge in [0.2, 0.25) is 5.91 Å². The minimum absolute atomic E-state index is 0.0553. The van der Waals surface area contributed by atoms with Gasteiger partial charge in [0.15, 0.2) is 0 Å². The van der Waals surface area contributed by atoms with Crippen LogP contribution in [0.25, 0.3) is 11.0 Å². The fourth-order valence-electron chi connectivity index (χ4n) is 2.11. The van der Waals surface area contributed by atoms with Crippen molar-refractivity contribution in [2.24, 2.45) is 0 Å². The number of hydrogen-bond acceptors (Lipinski definition) is 6. The molecule has 10 nitrogen and oxygen atoms in total. The van der Waals surface area contributed by atoms with Gasteiger partial charge < -0.3 is 5.32 Å². The van der Waals surface area contributed by atoms with Crippen molar-refractivity contribution >= 4 is 22.6 Å². The molecule has 0 aliphatic heterocycles. The van der Waals surface area contributed by atoms with Gasteiger partial charge in [-0.2, -0.15) is 5.10 Å². The van der Waals surface area contributed by atoms with Gasteiger partial charge in [-0.1, -0.05) is 17.3 Å². The number of amides is 1. The van der Waals surface area contributed by atoms with Crippen LogP contribution in [0.1, 0.15) is 0 Å². The number of fused-ring (bicyclic) bond motifs is 1. The first-order valence-electron chi connectivity index (χ1n) is 6.85. The van der Waals surface area contributed by atoms with Gasteiger partial charge in [-0.05, 0) is 12.1 Å². The Morgan fingerprint density at radius 1 is 1.35 bits per heavy atom. The average Bonchev–Trinajstić information content (AvgIpc) is 3.15. The Morgan fingerprint density at radius 3 is 2.96 bits per heavy atom. The lowest BCUT2D eigenvalue weighted by molar-refractivity contribution is -0.385. The Morgan fingerprint density at radius 2 is 2.17 bits per heavy atom. The summed E-state index contributed by atoms with van der Waals surface area (Å²) in [5, 5.41) is 25.0. The lowest BCUT2D eigenvalue weighted by Crippen LogP contribution is -2.30. The van der Waals surface area contributed by atoms with Crippen molar-refractivity contribution in [3.05, 3.63) is 46.8 Å². The van der Waals surface area contributed by atoms with Crippen LogP contribution in [0.2, 0.25) is 0 Å². The Balaban J connectivity index is 1.52. The Bertz CT molecular complexity index is 854. The molecule has 0 fully saturated rings. The molecule has 1 aromatic carbocycles. The predicted octanol–water partition coefficient (Wildman–Crippen LogP) is 0.352. The summed E-state index contributed by atoms with van der Waals surface area (Å²) in [6.45, 7) is 0.710. The van der Waals surface area contributed by atoms with Crippen molar-refractivity contribution in [1.82, 2.24) is 30.1 Å². The zero-order chi connectivity index (χ0) is 16.2. The summed E-state index contributed by atoms with van der Waals surface area (Å²) in [4.78, 5) is 22.0. The van der Waals surface area contributed by atoms with Gasteiger partial charge in [-0.3, -0.25) is 19.6 Å². The number of aromatic nitrogens is 5. The molecule has 0 bridgehead atoms. The third kappa shape index (κ3) is 3.31. The van der Waals surface area contributed by atoms with Crippen LogP contribution in [-0.4, -0.2) is 42.1 Å². The van der Waals surface area contributed by atoms with Crippen molar-refractivity contribution in [2.75, 3.05) is 6.54 Å². The van der Waals surface area contributed by atoms with E-state index >= 15 is 0 Å². The smallest absolute Gasteiger partial charge is 0.306 e. The van der Waals surface area contributed by atoms with Crippen molar-refractivity contribution in [1.29, 1.82) is 0 Å². The molecule has 23 heavy (non-hydrogen) atoms. The van der Waals surface area contributed by atoms with E-state index in [-0.39, 0.29) is 18.1 Å². The van der Waals surface area contributed by atoms with Crippen molar-refractivity contribution in [2.45, 2.75) is 13.1 Å². The second-order valence-corrected chi connectivity index (χ2v) is 4.80. The molecule has 1 N–H and O–H groups in total. The van der Waals surface area contributed by atoms with E-state index in [0.717, 1.165) is 11.0 Å². The maximum Gasteiger partial charge on any atom is 0.306 e. The van der Waals surface area contributed by atoms with Crippen LogP contribution in [0.4, 0.5) is 5.69 Å². The maximum atomic E-state index is 11.9. The highest BCUT2D eigenvalue weighted by molar-refractivity contribution is 5.79. The zero-order valence-corrected chi connectivity index (χ0v) is 12.0. The first kappa shape index (κ1) is 14.6. The summed E-state index contributed by atoms with van der Waals surface area (Å²) < 4.78 is 2.92. The quantitative estimate of drug-likeness (QED) is 0.517. The summed E-state index contributed by atoms with van der Waals surface area (Å²) in [5.74, 6) is -0.220. The molecule has 0 saturated carbocycles. The fraction of sp³-hybridized carbons (Fsp3) is 0.231. The normalized spacial score (nSPS) is 10.8. The topological polar surface area (TPSA) is 121 Å². The highest BCUT2D eigenvalue weighted by Gasteiger charge is 2.10. The van der Waals surface area contributed by atoms with Crippen LogP contribution in [0.5, 0.6) is 0 Å². The van der Waals surface area contributed by atoms with E-state index in [1.165, 1.54) is 21.8 Å². The van der Waals surface area contributed by atoms with E-state index in [0.29, 0.717) is 13.1 Å². The summed E-state index contributed by atoms with van der Waals surface area (Å²) >= 11 is 0. The van der Waals surface area contributed by atoms with Gasteiger partial charge in [0.1, 0.15) is 24.5 Å². The number of nitrogens with one attached hydrogen (secondary N) is 1. The standard InChI is InChI=1S/C13H13N7O3/c21-13(9-19-12-4-2-1-3-11(12)16-17-19)14-5-6-18-8-10(7-15-18)20(22)23/h1-4,7-8H,5-6,9H2,(H,14,21). The van der Waals surface area contributed by atoms with Crippen LogP contribution in [0, 0.1) is 10.1 Å². The van der Waals surface area contributed by atoms with E-state index in [4.69, 9.17) is 0 Å². The van der Waals surface area contributed by atoms with Gasteiger partial charge in [-0.15, -0.1) is 5.10 Å². The SMILES string of the molecule is O=C(Cn1nnc2ccccc21)NCCn1cc([N+](=O)[O-])cn1. The van der Waals surface area contributed by atoms with Gasteiger partial charge in [0, 0.05) is 6.54 Å². The third-order valence-corrected chi connectivity index (χ3v) is 3.21. The second kappa shape index (κ2) is 6.22. The summed E-state index contributed by atoms with van der Waals surface area (Å²) in [6, 6.07) is 7.36. The van der Waals surface area contributed by atoms with E-state index in [2.05, 4.69) is 20.7 Å². The number of carbonyl (C=O) groups is 1. The number of nitro groups is 1. The first-order chi connectivity index (χ1) is 11.1. The number of para-hydroxylation sites is 1. The Kier molecular flexibility index (Phi) is 3.95.